The van der Waals surface area contributed by atoms with Crippen molar-refractivity contribution < 1.29 is 8.78 Å². The van der Waals surface area contributed by atoms with Gasteiger partial charge < -0.3 is 10.2 Å². The van der Waals surface area contributed by atoms with Crippen LogP contribution in [0.3, 0.4) is 0 Å². The maximum Gasteiger partial charge on any atom is 0.150 e. The second-order valence-corrected chi connectivity index (χ2v) is 5.88. The zero-order chi connectivity index (χ0) is 13.3. The number of piperazine rings is 1. The lowest BCUT2D eigenvalue weighted by molar-refractivity contribution is 0.364. The van der Waals surface area contributed by atoms with Gasteiger partial charge in [-0.3, -0.25) is 0 Å². The van der Waals surface area contributed by atoms with Crippen LogP contribution in [0.4, 0.5) is 14.5 Å². The normalized spacial score (nSPS) is 20.6. The number of nitrogens with one attached hydrogen (secondary N) is 1. The van der Waals surface area contributed by atoms with Crippen LogP contribution in [0.25, 0.3) is 0 Å². The molecule has 1 saturated heterocycles. The number of hydrogen-bond donors (Lipinski definition) is 1. The van der Waals surface area contributed by atoms with Gasteiger partial charge in [-0.2, -0.15) is 0 Å². The second kappa shape index (κ2) is 5.53. The molecule has 0 amide bonds. The van der Waals surface area contributed by atoms with Gasteiger partial charge >= 0.3 is 0 Å². The molecule has 0 saturated carbocycles. The van der Waals surface area contributed by atoms with Crippen LogP contribution in [0.1, 0.15) is 13.8 Å². The molecule has 2 rings (SSSR count). The molecule has 1 unspecified atom stereocenters. The van der Waals surface area contributed by atoms with Gasteiger partial charge in [-0.05, 0) is 18.1 Å². The monoisotopic (exact) mass is 318 g/mol. The minimum absolute atomic E-state index is 0.0883. The fraction of sp³-hybridized carbons (Fsp3) is 0.538. The van der Waals surface area contributed by atoms with Crippen LogP contribution < -0.4 is 10.2 Å². The molecular formula is C13H17BrF2N2. The predicted octanol–water partition coefficient (Wildman–Crippen LogP) is 3.16. The van der Waals surface area contributed by atoms with E-state index in [-0.39, 0.29) is 11.7 Å². The Bertz CT molecular complexity index is 414. The Balaban J connectivity index is 2.26. The van der Waals surface area contributed by atoms with Gasteiger partial charge in [0.1, 0.15) is 5.69 Å². The summed E-state index contributed by atoms with van der Waals surface area (Å²) in [5.74, 6) is -0.577. The SMILES string of the molecule is CC(C)C1CN(c2c(F)cc(Br)cc2F)CCN1. The Morgan fingerprint density at radius 1 is 1.33 bits per heavy atom. The van der Waals surface area contributed by atoms with Crippen molar-refractivity contribution >= 4 is 21.6 Å². The zero-order valence-corrected chi connectivity index (χ0v) is 12.1. The van der Waals surface area contributed by atoms with Gasteiger partial charge in [0.2, 0.25) is 0 Å². The minimum Gasteiger partial charge on any atom is -0.364 e. The molecule has 0 aliphatic carbocycles. The van der Waals surface area contributed by atoms with Crippen LogP contribution in [0, 0.1) is 17.6 Å². The Hall–Kier alpha value is -0.680. The summed E-state index contributed by atoms with van der Waals surface area (Å²) in [6, 6.07) is 2.89. The Morgan fingerprint density at radius 3 is 2.50 bits per heavy atom. The zero-order valence-electron chi connectivity index (χ0n) is 10.5. The van der Waals surface area contributed by atoms with E-state index in [1.54, 1.807) is 4.90 Å². The summed E-state index contributed by atoms with van der Waals surface area (Å²) >= 11 is 3.10. The topological polar surface area (TPSA) is 15.3 Å². The molecule has 1 aliphatic heterocycles. The van der Waals surface area contributed by atoms with Crippen molar-refractivity contribution in [1.82, 2.24) is 5.32 Å². The summed E-state index contributed by atoms with van der Waals surface area (Å²) in [5.41, 5.74) is 0.0883. The first kappa shape index (κ1) is 13.7. The number of benzene rings is 1. The highest BCUT2D eigenvalue weighted by Crippen LogP contribution is 2.28. The third-order valence-corrected chi connectivity index (χ3v) is 3.77. The predicted molar refractivity (Wildman–Crippen MR) is 72.9 cm³/mol. The lowest BCUT2D eigenvalue weighted by atomic mass is 10.0. The van der Waals surface area contributed by atoms with Crippen molar-refractivity contribution in [2.45, 2.75) is 19.9 Å². The summed E-state index contributed by atoms with van der Waals surface area (Å²) in [6.07, 6.45) is 0. The van der Waals surface area contributed by atoms with E-state index in [1.165, 1.54) is 12.1 Å². The molecule has 1 aliphatic rings. The third-order valence-electron chi connectivity index (χ3n) is 3.31. The number of anilines is 1. The summed E-state index contributed by atoms with van der Waals surface area (Å²) in [5, 5.41) is 3.37. The standard InChI is InChI=1S/C13H17BrF2N2/c1-8(2)12-7-18(4-3-17-12)13-10(15)5-9(14)6-11(13)16/h5-6,8,12,17H,3-4,7H2,1-2H3. The van der Waals surface area contributed by atoms with Crippen LogP contribution in [0.2, 0.25) is 0 Å². The molecule has 0 bridgehead atoms. The van der Waals surface area contributed by atoms with E-state index in [0.29, 0.717) is 23.5 Å². The molecule has 0 spiro atoms. The summed E-state index contributed by atoms with van der Waals surface area (Å²) in [6.45, 7) is 6.22. The van der Waals surface area contributed by atoms with E-state index in [2.05, 4.69) is 35.1 Å². The summed E-state index contributed by atoms with van der Waals surface area (Å²) < 4.78 is 28.2. The molecule has 1 atom stereocenters. The molecule has 0 radical (unpaired) electrons. The summed E-state index contributed by atoms with van der Waals surface area (Å²) in [7, 11) is 0. The maximum absolute atomic E-state index is 13.9. The summed E-state index contributed by atoms with van der Waals surface area (Å²) in [4.78, 5) is 1.79. The molecule has 5 heteroatoms. The van der Waals surface area contributed by atoms with Crippen molar-refractivity contribution in [2.24, 2.45) is 5.92 Å². The molecule has 1 heterocycles. The van der Waals surface area contributed by atoms with Gasteiger partial charge in [0.15, 0.2) is 11.6 Å². The molecule has 1 fully saturated rings. The highest BCUT2D eigenvalue weighted by atomic mass is 79.9. The first-order valence-electron chi connectivity index (χ1n) is 6.12. The molecule has 1 N–H and O–H groups in total. The molecule has 2 nitrogen and oxygen atoms in total. The van der Waals surface area contributed by atoms with Gasteiger partial charge in [-0.1, -0.05) is 29.8 Å². The van der Waals surface area contributed by atoms with Gasteiger partial charge in [0.25, 0.3) is 0 Å². The van der Waals surface area contributed by atoms with Crippen molar-refractivity contribution in [2.75, 3.05) is 24.5 Å². The lowest BCUT2D eigenvalue weighted by Crippen LogP contribution is -2.53. The van der Waals surface area contributed by atoms with Gasteiger partial charge in [-0.15, -0.1) is 0 Å². The number of hydrogen-bond acceptors (Lipinski definition) is 2. The average molecular weight is 319 g/mol. The Labute approximate surface area is 114 Å². The van der Waals surface area contributed by atoms with E-state index < -0.39 is 11.6 Å². The molecule has 1 aromatic carbocycles. The highest BCUT2D eigenvalue weighted by Gasteiger charge is 2.25. The van der Waals surface area contributed by atoms with Crippen molar-refractivity contribution in [3.05, 3.63) is 28.2 Å². The quantitative estimate of drug-likeness (QED) is 0.901. The van der Waals surface area contributed by atoms with E-state index in [9.17, 15) is 8.78 Å². The first-order valence-corrected chi connectivity index (χ1v) is 6.91. The fourth-order valence-corrected chi connectivity index (χ4v) is 2.67. The van der Waals surface area contributed by atoms with E-state index >= 15 is 0 Å². The number of nitrogens with zero attached hydrogens (tertiary/aromatic N) is 1. The van der Waals surface area contributed by atoms with Gasteiger partial charge in [0, 0.05) is 30.1 Å². The number of halogens is 3. The highest BCUT2D eigenvalue weighted by molar-refractivity contribution is 9.10. The van der Waals surface area contributed by atoms with Crippen LogP contribution in [0.5, 0.6) is 0 Å². The van der Waals surface area contributed by atoms with E-state index in [4.69, 9.17) is 0 Å². The van der Waals surface area contributed by atoms with Crippen LogP contribution >= 0.6 is 15.9 Å². The number of rotatable bonds is 2. The van der Waals surface area contributed by atoms with Crippen molar-refractivity contribution in [3.63, 3.8) is 0 Å². The molecule has 100 valence electrons. The van der Waals surface area contributed by atoms with Crippen molar-refractivity contribution in [1.29, 1.82) is 0 Å². The van der Waals surface area contributed by atoms with E-state index in [0.717, 1.165) is 6.54 Å². The van der Waals surface area contributed by atoms with E-state index in [1.807, 2.05) is 0 Å². The average Bonchev–Trinajstić information content (AvgIpc) is 2.28. The Kier molecular flexibility index (Phi) is 4.22. The largest absolute Gasteiger partial charge is 0.364 e. The van der Waals surface area contributed by atoms with Crippen LogP contribution in [-0.4, -0.2) is 25.7 Å². The lowest BCUT2D eigenvalue weighted by Gasteiger charge is -2.37. The molecular weight excluding hydrogens is 302 g/mol. The minimum atomic E-state index is -0.508. The molecule has 1 aromatic rings. The third kappa shape index (κ3) is 2.83. The van der Waals surface area contributed by atoms with Gasteiger partial charge in [0.05, 0.1) is 0 Å². The van der Waals surface area contributed by atoms with Gasteiger partial charge in [-0.25, -0.2) is 8.78 Å². The fourth-order valence-electron chi connectivity index (χ4n) is 2.26. The second-order valence-electron chi connectivity index (χ2n) is 4.97. The molecule has 18 heavy (non-hydrogen) atoms. The van der Waals surface area contributed by atoms with Crippen LogP contribution in [0.15, 0.2) is 16.6 Å². The smallest absolute Gasteiger partial charge is 0.150 e. The van der Waals surface area contributed by atoms with Crippen molar-refractivity contribution in [3.8, 4) is 0 Å². The van der Waals surface area contributed by atoms with Crippen LogP contribution in [-0.2, 0) is 0 Å². The Morgan fingerprint density at radius 2 is 1.94 bits per heavy atom. The molecule has 0 aromatic heterocycles. The maximum atomic E-state index is 13.9. The first-order chi connectivity index (χ1) is 8.49.